The van der Waals surface area contributed by atoms with Gasteiger partial charge in [-0.25, -0.2) is 4.39 Å². The maximum absolute atomic E-state index is 13.2. The van der Waals surface area contributed by atoms with E-state index < -0.39 is 0 Å². The Hall–Kier alpha value is -0.640. The summed E-state index contributed by atoms with van der Waals surface area (Å²) in [7, 11) is 0. The van der Waals surface area contributed by atoms with E-state index in [1.54, 1.807) is 6.07 Å². The summed E-state index contributed by atoms with van der Waals surface area (Å²) in [5, 5.41) is 3.86. The van der Waals surface area contributed by atoms with E-state index in [4.69, 9.17) is 11.6 Å². The van der Waals surface area contributed by atoms with Crippen LogP contribution in [0, 0.1) is 11.7 Å². The highest BCUT2D eigenvalue weighted by Gasteiger charge is 2.24. The van der Waals surface area contributed by atoms with Gasteiger partial charge in [-0.3, -0.25) is 4.90 Å². The van der Waals surface area contributed by atoms with Crippen LogP contribution in [0.25, 0.3) is 0 Å². The van der Waals surface area contributed by atoms with Gasteiger partial charge in [0, 0.05) is 19.1 Å². The molecule has 1 aromatic carbocycles. The number of nitrogens with one attached hydrogen (secondary N) is 1. The van der Waals surface area contributed by atoms with E-state index in [1.807, 2.05) is 6.07 Å². The van der Waals surface area contributed by atoms with Crippen molar-refractivity contribution in [2.75, 3.05) is 19.6 Å². The Bertz CT molecular complexity index is 462. The lowest BCUT2D eigenvalue weighted by Crippen LogP contribution is -2.39. The van der Waals surface area contributed by atoms with Crippen molar-refractivity contribution in [3.05, 3.63) is 34.6 Å². The van der Waals surface area contributed by atoms with Gasteiger partial charge in [0.2, 0.25) is 0 Å². The lowest BCUT2D eigenvalue weighted by molar-refractivity contribution is 0.165. The highest BCUT2D eigenvalue weighted by Crippen LogP contribution is 2.23. The molecule has 3 rings (SSSR count). The molecular weight excluding hydrogens is 275 g/mol. The number of nitrogens with zero attached hydrogens (tertiary/aromatic N) is 1. The minimum atomic E-state index is -0.333. The van der Waals surface area contributed by atoms with Gasteiger partial charge in [-0.15, -0.1) is 0 Å². The molecule has 0 spiro atoms. The summed E-state index contributed by atoms with van der Waals surface area (Å²) in [4.78, 5) is 2.46. The zero-order chi connectivity index (χ0) is 13.9. The molecule has 2 nitrogen and oxygen atoms in total. The molecule has 0 amide bonds. The minimum absolute atomic E-state index is 0.228. The van der Waals surface area contributed by atoms with Crippen molar-refractivity contribution >= 4 is 11.6 Å². The summed E-state index contributed by atoms with van der Waals surface area (Å²) in [6.07, 6.45) is 5.28. The van der Waals surface area contributed by atoms with Crippen molar-refractivity contribution in [3.63, 3.8) is 0 Å². The zero-order valence-electron chi connectivity index (χ0n) is 11.7. The van der Waals surface area contributed by atoms with E-state index in [9.17, 15) is 4.39 Å². The van der Waals surface area contributed by atoms with Crippen LogP contribution in [0.5, 0.6) is 0 Å². The molecule has 0 radical (unpaired) electrons. The summed E-state index contributed by atoms with van der Waals surface area (Å²) >= 11 is 5.85. The average molecular weight is 297 g/mol. The van der Waals surface area contributed by atoms with Gasteiger partial charge in [-0.1, -0.05) is 17.7 Å². The molecular formula is C16H22ClFN2. The molecule has 1 saturated heterocycles. The summed E-state index contributed by atoms with van der Waals surface area (Å²) in [5.41, 5.74) is 1.10. The molecule has 1 aliphatic heterocycles. The van der Waals surface area contributed by atoms with Crippen LogP contribution < -0.4 is 5.32 Å². The van der Waals surface area contributed by atoms with Crippen molar-refractivity contribution < 1.29 is 4.39 Å². The van der Waals surface area contributed by atoms with Crippen LogP contribution in [0.3, 0.4) is 0 Å². The molecule has 1 aliphatic carbocycles. The third kappa shape index (κ3) is 3.94. The van der Waals surface area contributed by atoms with E-state index in [1.165, 1.54) is 31.7 Å². The van der Waals surface area contributed by atoms with Crippen molar-refractivity contribution in [2.45, 2.75) is 38.3 Å². The summed E-state index contributed by atoms with van der Waals surface area (Å²) in [5.74, 6) is 0.417. The molecule has 1 heterocycles. The fraction of sp³-hybridized carbons (Fsp3) is 0.625. The van der Waals surface area contributed by atoms with Crippen LogP contribution >= 0.6 is 11.6 Å². The first kappa shape index (κ1) is 14.3. The van der Waals surface area contributed by atoms with Crippen molar-refractivity contribution in [3.8, 4) is 0 Å². The molecule has 20 heavy (non-hydrogen) atoms. The normalized spacial score (nSPS) is 24.0. The van der Waals surface area contributed by atoms with E-state index in [0.717, 1.165) is 43.7 Å². The third-order valence-electron chi connectivity index (χ3n) is 4.27. The Morgan fingerprint density at radius 2 is 2.15 bits per heavy atom. The topological polar surface area (TPSA) is 15.3 Å². The smallest absolute Gasteiger partial charge is 0.141 e. The molecule has 110 valence electrons. The predicted octanol–water partition coefficient (Wildman–Crippen LogP) is 3.44. The maximum atomic E-state index is 13.2. The highest BCUT2D eigenvalue weighted by atomic mass is 35.5. The second-order valence-corrected chi connectivity index (χ2v) is 6.58. The van der Waals surface area contributed by atoms with Gasteiger partial charge in [0.05, 0.1) is 5.02 Å². The molecule has 0 bridgehead atoms. The van der Waals surface area contributed by atoms with E-state index in [-0.39, 0.29) is 10.8 Å². The van der Waals surface area contributed by atoms with Gasteiger partial charge in [0.1, 0.15) is 5.82 Å². The van der Waals surface area contributed by atoms with Crippen molar-refractivity contribution in [1.29, 1.82) is 0 Å². The largest absolute Gasteiger partial charge is 0.314 e. The third-order valence-corrected chi connectivity index (χ3v) is 4.56. The predicted molar refractivity (Wildman–Crippen MR) is 80.4 cm³/mol. The number of piperidine rings is 1. The standard InChI is InChI=1S/C16H22ClFN2/c17-15-8-12(3-6-16(15)18)10-20-7-1-2-13(11-20)9-19-14-4-5-14/h3,6,8,13-14,19H,1-2,4-5,7,9-11H2. The quantitative estimate of drug-likeness (QED) is 0.895. The second-order valence-electron chi connectivity index (χ2n) is 6.17. The summed E-state index contributed by atoms with van der Waals surface area (Å²) in [6.45, 7) is 4.29. The average Bonchev–Trinajstić information content (AvgIpc) is 3.25. The Kier molecular flexibility index (Phi) is 4.59. The van der Waals surface area contributed by atoms with Crippen LogP contribution in [-0.2, 0) is 6.54 Å². The van der Waals surface area contributed by atoms with Gasteiger partial charge < -0.3 is 5.32 Å². The van der Waals surface area contributed by atoms with Gasteiger partial charge in [-0.2, -0.15) is 0 Å². The first-order valence-electron chi connectivity index (χ1n) is 7.60. The molecule has 1 N–H and O–H groups in total. The molecule has 0 aromatic heterocycles. The molecule has 4 heteroatoms. The summed E-state index contributed by atoms with van der Waals surface area (Å²) < 4.78 is 13.2. The number of hydrogen-bond donors (Lipinski definition) is 1. The summed E-state index contributed by atoms with van der Waals surface area (Å²) in [6, 6.07) is 5.85. The minimum Gasteiger partial charge on any atom is -0.314 e. The van der Waals surface area contributed by atoms with Crippen molar-refractivity contribution in [2.24, 2.45) is 5.92 Å². The van der Waals surface area contributed by atoms with Crippen LogP contribution in [0.15, 0.2) is 18.2 Å². The molecule has 2 aliphatic rings. The monoisotopic (exact) mass is 296 g/mol. The van der Waals surface area contributed by atoms with Crippen LogP contribution in [0.1, 0.15) is 31.2 Å². The van der Waals surface area contributed by atoms with Crippen LogP contribution in [-0.4, -0.2) is 30.6 Å². The zero-order valence-corrected chi connectivity index (χ0v) is 12.5. The highest BCUT2D eigenvalue weighted by molar-refractivity contribution is 6.30. The fourth-order valence-electron chi connectivity index (χ4n) is 2.98. The molecule has 1 saturated carbocycles. The lowest BCUT2D eigenvalue weighted by Gasteiger charge is -2.33. The van der Waals surface area contributed by atoms with E-state index in [2.05, 4.69) is 10.2 Å². The Morgan fingerprint density at radius 3 is 2.90 bits per heavy atom. The maximum Gasteiger partial charge on any atom is 0.141 e. The fourth-order valence-corrected chi connectivity index (χ4v) is 3.18. The Balaban J connectivity index is 1.51. The van der Waals surface area contributed by atoms with Gasteiger partial charge in [0.15, 0.2) is 0 Å². The Labute approximate surface area is 125 Å². The number of benzene rings is 1. The molecule has 2 fully saturated rings. The first-order valence-corrected chi connectivity index (χ1v) is 7.98. The number of hydrogen-bond acceptors (Lipinski definition) is 2. The first-order chi connectivity index (χ1) is 9.70. The second kappa shape index (κ2) is 6.42. The number of likely N-dealkylation sites (tertiary alicyclic amines) is 1. The van der Waals surface area contributed by atoms with Gasteiger partial charge >= 0.3 is 0 Å². The van der Waals surface area contributed by atoms with Crippen LogP contribution in [0.4, 0.5) is 4.39 Å². The molecule has 1 atom stereocenters. The Morgan fingerprint density at radius 1 is 1.30 bits per heavy atom. The number of halogens is 2. The van der Waals surface area contributed by atoms with Gasteiger partial charge in [0.25, 0.3) is 0 Å². The van der Waals surface area contributed by atoms with Gasteiger partial charge in [-0.05, 0) is 62.4 Å². The van der Waals surface area contributed by atoms with E-state index >= 15 is 0 Å². The lowest BCUT2D eigenvalue weighted by atomic mass is 9.97. The SMILES string of the molecule is Fc1ccc(CN2CCCC(CNC3CC3)C2)cc1Cl. The van der Waals surface area contributed by atoms with E-state index in [0.29, 0.717) is 0 Å². The number of rotatable bonds is 5. The van der Waals surface area contributed by atoms with Crippen LogP contribution in [0.2, 0.25) is 5.02 Å². The molecule has 1 unspecified atom stereocenters. The molecule has 1 aromatic rings. The van der Waals surface area contributed by atoms with Crippen molar-refractivity contribution in [1.82, 2.24) is 10.2 Å².